The minimum atomic E-state index is -0.186. The molecule has 4 nitrogen and oxygen atoms in total. The van der Waals surface area contributed by atoms with Crippen LogP contribution in [0.5, 0.6) is 0 Å². The van der Waals surface area contributed by atoms with Crippen molar-refractivity contribution in [3.05, 3.63) is 83.8 Å². The highest BCUT2D eigenvalue weighted by atomic mass is 32.1. The lowest BCUT2D eigenvalue weighted by atomic mass is 10.2. The van der Waals surface area contributed by atoms with Gasteiger partial charge in [-0.2, -0.15) is 0 Å². The van der Waals surface area contributed by atoms with Crippen molar-refractivity contribution in [3.63, 3.8) is 0 Å². The van der Waals surface area contributed by atoms with Crippen LogP contribution >= 0.6 is 11.3 Å². The highest BCUT2D eigenvalue weighted by Crippen LogP contribution is 2.31. The molecule has 1 amide bonds. The molecule has 4 aromatic rings. The van der Waals surface area contributed by atoms with Crippen LogP contribution in [0.3, 0.4) is 0 Å². The van der Waals surface area contributed by atoms with Crippen molar-refractivity contribution in [1.29, 1.82) is 0 Å². The Morgan fingerprint density at radius 1 is 1.08 bits per heavy atom. The van der Waals surface area contributed by atoms with Gasteiger partial charge in [-0.25, -0.2) is 4.98 Å². The molecule has 0 bridgehead atoms. The second kappa shape index (κ2) is 7.14. The quantitative estimate of drug-likeness (QED) is 0.484. The van der Waals surface area contributed by atoms with Gasteiger partial charge in [0.2, 0.25) is 0 Å². The first-order chi connectivity index (χ1) is 12.7. The van der Waals surface area contributed by atoms with Crippen LogP contribution in [0.1, 0.15) is 28.6 Å². The van der Waals surface area contributed by atoms with E-state index in [-0.39, 0.29) is 5.91 Å². The first-order valence-electron chi connectivity index (χ1n) is 8.53. The van der Waals surface area contributed by atoms with Gasteiger partial charge in [-0.05, 0) is 41.8 Å². The number of benzene rings is 2. The lowest BCUT2D eigenvalue weighted by Crippen LogP contribution is -2.30. The Labute approximate surface area is 155 Å². The van der Waals surface area contributed by atoms with Crippen LogP contribution in [0.2, 0.25) is 0 Å². The summed E-state index contributed by atoms with van der Waals surface area (Å²) in [6, 6.07) is 19.6. The summed E-state index contributed by atoms with van der Waals surface area (Å²) in [7, 11) is 0. The van der Waals surface area contributed by atoms with Crippen LogP contribution in [0, 0.1) is 0 Å². The summed E-state index contributed by atoms with van der Waals surface area (Å²) in [6.45, 7) is 2.58. The summed E-state index contributed by atoms with van der Waals surface area (Å²) in [6.07, 6.45) is 2.49. The molecule has 2 heterocycles. The molecular weight excluding hydrogens is 344 g/mol. The van der Waals surface area contributed by atoms with Crippen molar-refractivity contribution in [1.82, 2.24) is 4.98 Å². The van der Waals surface area contributed by atoms with Gasteiger partial charge < -0.3 is 4.42 Å². The van der Waals surface area contributed by atoms with Crippen molar-refractivity contribution in [2.45, 2.75) is 19.9 Å². The normalized spacial score (nSPS) is 11.0. The van der Waals surface area contributed by atoms with Crippen LogP contribution < -0.4 is 4.90 Å². The van der Waals surface area contributed by atoms with E-state index in [9.17, 15) is 4.79 Å². The maximum Gasteiger partial charge on any atom is 0.296 e. The Morgan fingerprint density at radius 2 is 1.92 bits per heavy atom. The number of thiazole rings is 1. The number of amides is 1. The fraction of sp³-hybridized carbons (Fsp3) is 0.143. The molecule has 4 rings (SSSR count). The number of furan rings is 1. The highest BCUT2D eigenvalue weighted by molar-refractivity contribution is 7.22. The van der Waals surface area contributed by atoms with Crippen LogP contribution in [0.15, 0.2) is 71.3 Å². The van der Waals surface area contributed by atoms with Crippen LogP contribution in [-0.2, 0) is 13.0 Å². The Morgan fingerprint density at radius 3 is 2.65 bits per heavy atom. The summed E-state index contributed by atoms with van der Waals surface area (Å²) in [5, 5.41) is 0.679. The Hall–Kier alpha value is -2.92. The molecule has 0 aliphatic carbocycles. The average molecular weight is 362 g/mol. The smallest absolute Gasteiger partial charge is 0.296 e. The van der Waals surface area contributed by atoms with Gasteiger partial charge in [-0.3, -0.25) is 9.69 Å². The molecule has 26 heavy (non-hydrogen) atoms. The Kier molecular flexibility index (Phi) is 4.54. The zero-order valence-electron chi connectivity index (χ0n) is 14.4. The van der Waals surface area contributed by atoms with E-state index >= 15 is 0 Å². The highest BCUT2D eigenvalue weighted by Gasteiger charge is 2.23. The second-order valence-electron chi connectivity index (χ2n) is 6.01. The van der Waals surface area contributed by atoms with E-state index in [2.05, 4.69) is 19.1 Å². The molecular formula is C21H18N2O2S. The number of fused-ring (bicyclic) bond motifs is 1. The fourth-order valence-corrected chi connectivity index (χ4v) is 3.84. The van der Waals surface area contributed by atoms with E-state index in [1.807, 2.05) is 36.4 Å². The summed E-state index contributed by atoms with van der Waals surface area (Å²) >= 11 is 1.53. The maximum atomic E-state index is 13.0. The zero-order valence-corrected chi connectivity index (χ0v) is 15.2. The molecule has 130 valence electrons. The number of aromatic nitrogens is 1. The summed E-state index contributed by atoms with van der Waals surface area (Å²) in [5.74, 6) is 0.128. The molecule has 2 aromatic carbocycles. The van der Waals surface area contributed by atoms with E-state index in [1.165, 1.54) is 23.2 Å². The van der Waals surface area contributed by atoms with Gasteiger partial charge in [0.25, 0.3) is 5.91 Å². The number of hydrogen-bond acceptors (Lipinski definition) is 4. The number of rotatable bonds is 5. The largest absolute Gasteiger partial charge is 0.459 e. The fourth-order valence-electron chi connectivity index (χ4n) is 2.82. The van der Waals surface area contributed by atoms with Crippen molar-refractivity contribution < 1.29 is 9.21 Å². The summed E-state index contributed by atoms with van der Waals surface area (Å²) < 4.78 is 6.42. The Balaban J connectivity index is 1.75. The monoisotopic (exact) mass is 362 g/mol. The van der Waals surface area contributed by atoms with Gasteiger partial charge in [0, 0.05) is 0 Å². The molecule has 0 spiro atoms. The van der Waals surface area contributed by atoms with E-state index in [0.29, 0.717) is 17.4 Å². The molecule has 0 fully saturated rings. The molecule has 0 atom stereocenters. The van der Waals surface area contributed by atoms with E-state index < -0.39 is 0 Å². The molecule has 0 unspecified atom stereocenters. The summed E-state index contributed by atoms with van der Waals surface area (Å²) in [5.41, 5.74) is 3.22. The van der Waals surface area contributed by atoms with Gasteiger partial charge in [0.15, 0.2) is 10.9 Å². The van der Waals surface area contributed by atoms with Gasteiger partial charge >= 0.3 is 0 Å². The second-order valence-corrected chi connectivity index (χ2v) is 7.02. The van der Waals surface area contributed by atoms with Crippen LogP contribution in [0.25, 0.3) is 10.2 Å². The number of nitrogens with zero attached hydrogens (tertiary/aromatic N) is 2. The average Bonchev–Trinajstić information content (AvgIpc) is 3.35. The predicted octanol–water partition coefficient (Wildman–Crippen LogP) is 5.30. The predicted molar refractivity (Wildman–Crippen MR) is 105 cm³/mol. The third-order valence-electron chi connectivity index (χ3n) is 4.24. The lowest BCUT2D eigenvalue weighted by Gasteiger charge is -2.18. The van der Waals surface area contributed by atoms with Crippen molar-refractivity contribution in [2.75, 3.05) is 4.90 Å². The maximum absolute atomic E-state index is 13.0. The number of carbonyl (C=O) groups is 1. The van der Waals surface area contributed by atoms with Crippen molar-refractivity contribution >= 4 is 32.6 Å². The molecule has 5 heteroatoms. The van der Waals surface area contributed by atoms with E-state index in [4.69, 9.17) is 9.40 Å². The molecule has 0 radical (unpaired) electrons. The molecule has 0 saturated heterocycles. The van der Waals surface area contributed by atoms with Gasteiger partial charge in [0.05, 0.1) is 23.0 Å². The lowest BCUT2D eigenvalue weighted by molar-refractivity contribution is 0.0958. The number of carbonyl (C=O) groups excluding carboxylic acids is 1. The minimum Gasteiger partial charge on any atom is -0.459 e. The Bertz CT molecular complexity index is 1020. The number of anilines is 1. The van der Waals surface area contributed by atoms with Crippen LogP contribution in [-0.4, -0.2) is 10.9 Å². The molecule has 2 aromatic heterocycles. The SMILES string of the molecule is CCc1ccc2nc(N(Cc3ccccc3)C(=O)c3ccco3)sc2c1. The standard InChI is InChI=1S/C21H18N2O2S/c1-2-15-10-11-17-19(13-15)26-21(22-17)23(14-16-7-4-3-5-8-16)20(24)18-9-6-12-25-18/h3-13H,2,14H2,1H3. The van der Waals surface area contributed by atoms with E-state index in [0.717, 1.165) is 22.2 Å². The van der Waals surface area contributed by atoms with Crippen LogP contribution in [0.4, 0.5) is 5.13 Å². The van der Waals surface area contributed by atoms with Crippen molar-refractivity contribution in [2.24, 2.45) is 0 Å². The van der Waals surface area contributed by atoms with Gasteiger partial charge in [-0.1, -0.05) is 54.7 Å². The number of hydrogen-bond donors (Lipinski definition) is 0. The molecule has 0 aliphatic heterocycles. The van der Waals surface area contributed by atoms with Gasteiger partial charge in [0.1, 0.15) is 0 Å². The van der Waals surface area contributed by atoms with E-state index in [1.54, 1.807) is 17.0 Å². The molecule has 0 saturated carbocycles. The summed E-state index contributed by atoms with van der Waals surface area (Å²) in [4.78, 5) is 19.4. The molecule has 0 aliphatic rings. The first kappa shape index (κ1) is 16.5. The van der Waals surface area contributed by atoms with Gasteiger partial charge in [-0.15, -0.1) is 0 Å². The molecule has 0 N–H and O–H groups in total. The third-order valence-corrected chi connectivity index (χ3v) is 5.28. The number of aryl methyl sites for hydroxylation is 1. The topological polar surface area (TPSA) is 46.3 Å². The minimum absolute atomic E-state index is 0.186. The third kappa shape index (κ3) is 3.26. The first-order valence-corrected chi connectivity index (χ1v) is 9.35. The van der Waals surface area contributed by atoms with Crippen molar-refractivity contribution in [3.8, 4) is 0 Å². The zero-order chi connectivity index (χ0) is 17.9.